The third-order valence-corrected chi connectivity index (χ3v) is 4.76. The molecule has 0 bridgehead atoms. The first-order valence-corrected chi connectivity index (χ1v) is 9.37. The van der Waals surface area contributed by atoms with Crippen LogP contribution in [0.2, 0.25) is 5.02 Å². The molecule has 0 saturated carbocycles. The van der Waals surface area contributed by atoms with Crippen LogP contribution in [0.25, 0.3) is 0 Å². The number of benzene rings is 2. The Hall–Kier alpha value is -3.01. The Kier molecular flexibility index (Phi) is 6.90. The molecule has 6 nitrogen and oxygen atoms in total. The van der Waals surface area contributed by atoms with Gasteiger partial charge in [0.15, 0.2) is 0 Å². The summed E-state index contributed by atoms with van der Waals surface area (Å²) < 4.78 is 5.40. The van der Waals surface area contributed by atoms with Gasteiger partial charge in [-0.1, -0.05) is 41.9 Å². The lowest BCUT2D eigenvalue weighted by Gasteiger charge is -2.30. The SMILES string of the molecule is N#C/C(=C/Nc1ccccc1N1CCOCC1)C(=O)NCc1ccccc1Cl. The lowest BCUT2D eigenvalue weighted by Crippen LogP contribution is -2.36. The van der Waals surface area contributed by atoms with Crippen molar-refractivity contribution in [2.24, 2.45) is 0 Å². The number of carbonyl (C=O) groups excluding carboxylic acids is 1. The molecule has 0 spiro atoms. The molecular formula is C21H21ClN4O2. The number of nitriles is 1. The van der Waals surface area contributed by atoms with E-state index >= 15 is 0 Å². The minimum absolute atomic E-state index is 0.0103. The van der Waals surface area contributed by atoms with Crippen LogP contribution in [-0.2, 0) is 16.1 Å². The van der Waals surface area contributed by atoms with E-state index < -0.39 is 5.91 Å². The molecule has 0 atom stereocenters. The number of rotatable bonds is 6. The average molecular weight is 397 g/mol. The minimum atomic E-state index is -0.459. The molecule has 1 amide bonds. The fraction of sp³-hybridized carbons (Fsp3) is 0.238. The topological polar surface area (TPSA) is 77.4 Å². The highest BCUT2D eigenvalue weighted by Gasteiger charge is 2.15. The van der Waals surface area contributed by atoms with Gasteiger partial charge >= 0.3 is 0 Å². The number of carbonyl (C=O) groups is 1. The normalized spacial score (nSPS) is 14.3. The molecule has 144 valence electrons. The highest BCUT2D eigenvalue weighted by Crippen LogP contribution is 2.26. The molecule has 0 aromatic heterocycles. The fourth-order valence-corrected chi connectivity index (χ4v) is 3.09. The molecule has 0 unspecified atom stereocenters. The van der Waals surface area contributed by atoms with E-state index in [1.807, 2.05) is 48.5 Å². The Labute approximate surface area is 169 Å². The number of morpholine rings is 1. The van der Waals surface area contributed by atoms with Gasteiger partial charge in [-0.05, 0) is 23.8 Å². The summed E-state index contributed by atoms with van der Waals surface area (Å²) in [5.74, 6) is -0.459. The van der Waals surface area contributed by atoms with Gasteiger partial charge in [0.05, 0.1) is 24.6 Å². The smallest absolute Gasteiger partial charge is 0.263 e. The molecule has 1 aliphatic heterocycles. The minimum Gasteiger partial charge on any atom is -0.378 e. The van der Waals surface area contributed by atoms with Crippen LogP contribution in [0.15, 0.2) is 60.3 Å². The van der Waals surface area contributed by atoms with Crippen LogP contribution in [0, 0.1) is 11.3 Å². The zero-order valence-corrected chi connectivity index (χ0v) is 16.1. The van der Waals surface area contributed by atoms with Crippen LogP contribution < -0.4 is 15.5 Å². The summed E-state index contributed by atoms with van der Waals surface area (Å²) in [4.78, 5) is 14.6. The summed E-state index contributed by atoms with van der Waals surface area (Å²) in [5, 5.41) is 15.8. The molecule has 0 aliphatic carbocycles. The maximum absolute atomic E-state index is 12.4. The molecule has 1 aliphatic rings. The average Bonchev–Trinajstić information content (AvgIpc) is 2.74. The lowest BCUT2D eigenvalue weighted by molar-refractivity contribution is -0.117. The maximum atomic E-state index is 12.4. The molecule has 0 radical (unpaired) electrons. The van der Waals surface area contributed by atoms with Crippen molar-refractivity contribution in [3.05, 3.63) is 70.9 Å². The maximum Gasteiger partial charge on any atom is 0.263 e. The van der Waals surface area contributed by atoms with Crippen molar-refractivity contribution in [1.29, 1.82) is 5.26 Å². The second-order valence-corrected chi connectivity index (χ2v) is 6.61. The zero-order chi connectivity index (χ0) is 19.8. The third kappa shape index (κ3) is 5.03. The first-order chi connectivity index (χ1) is 13.7. The van der Waals surface area contributed by atoms with Gasteiger partial charge in [-0.2, -0.15) is 5.26 Å². The summed E-state index contributed by atoms with van der Waals surface area (Å²) in [6, 6.07) is 17.0. The Morgan fingerprint density at radius 2 is 1.89 bits per heavy atom. The van der Waals surface area contributed by atoms with Crippen molar-refractivity contribution >= 4 is 28.9 Å². The number of hydrogen-bond acceptors (Lipinski definition) is 5. The molecule has 1 saturated heterocycles. The van der Waals surface area contributed by atoms with Crippen LogP contribution in [0.3, 0.4) is 0 Å². The van der Waals surface area contributed by atoms with E-state index in [1.165, 1.54) is 6.20 Å². The van der Waals surface area contributed by atoms with Crippen molar-refractivity contribution in [3.63, 3.8) is 0 Å². The van der Waals surface area contributed by atoms with E-state index in [1.54, 1.807) is 6.07 Å². The molecular weight excluding hydrogens is 376 g/mol. The number of nitrogens with one attached hydrogen (secondary N) is 2. The van der Waals surface area contributed by atoms with E-state index in [9.17, 15) is 10.1 Å². The van der Waals surface area contributed by atoms with Gasteiger partial charge in [0, 0.05) is 30.9 Å². The van der Waals surface area contributed by atoms with Gasteiger partial charge < -0.3 is 20.3 Å². The van der Waals surface area contributed by atoms with Crippen molar-refractivity contribution in [2.75, 3.05) is 36.5 Å². The van der Waals surface area contributed by atoms with E-state index in [-0.39, 0.29) is 12.1 Å². The molecule has 2 N–H and O–H groups in total. The molecule has 1 heterocycles. The number of ether oxygens (including phenoxy) is 1. The second kappa shape index (κ2) is 9.79. The monoisotopic (exact) mass is 396 g/mol. The van der Waals surface area contributed by atoms with Gasteiger partial charge in [-0.25, -0.2) is 0 Å². The van der Waals surface area contributed by atoms with Crippen molar-refractivity contribution < 1.29 is 9.53 Å². The first-order valence-electron chi connectivity index (χ1n) is 8.99. The number of anilines is 2. The number of amides is 1. The van der Waals surface area contributed by atoms with E-state index in [0.717, 1.165) is 30.0 Å². The number of para-hydroxylation sites is 2. The third-order valence-electron chi connectivity index (χ3n) is 4.39. The zero-order valence-electron chi connectivity index (χ0n) is 15.3. The standard InChI is InChI=1S/C21H21ClN4O2/c22-18-6-2-1-5-16(18)14-25-21(27)17(13-23)15-24-19-7-3-4-8-20(19)26-9-11-28-12-10-26/h1-8,15,24H,9-12,14H2,(H,25,27)/b17-15-. The van der Waals surface area contributed by atoms with Crippen LogP contribution in [0.1, 0.15) is 5.56 Å². The lowest BCUT2D eigenvalue weighted by atomic mass is 10.2. The number of halogens is 1. The molecule has 1 fully saturated rings. The highest BCUT2D eigenvalue weighted by molar-refractivity contribution is 6.31. The van der Waals surface area contributed by atoms with Gasteiger partial charge in [-0.15, -0.1) is 0 Å². The quantitative estimate of drug-likeness (QED) is 0.578. The van der Waals surface area contributed by atoms with Crippen molar-refractivity contribution in [1.82, 2.24) is 5.32 Å². The van der Waals surface area contributed by atoms with Crippen LogP contribution in [-0.4, -0.2) is 32.2 Å². The van der Waals surface area contributed by atoms with Gasteiger partial charge in [0.2, 0.25) is 0 Å². The van der Waals surface area contributed by atoms with E-state index in [4.69, 9.17) is 16.3 Å². The Morgan fingerprint density at radius 1 is 1.18 bits per heavy atom. The largest absolute Gasteiger partial charge is 0.378 e. The number of hydrogen-bond donors (Lipinski definition) is 2. The second-order valence-electron chi connectivity index (χ2n) is 6.20. The fourth-order valence-electron chi connectivity index (χ4n) is 2.89. The summed E-state index contributed by atoms with van der Waals surface area (Å²) >= 11 is 6.10. The van der Waals surface area contributed by atoms with Crippen molar-refractivity contribution in [2.45, 2.75) is 6.54 Å². The van der Waals surface area contributed by atoms with Crippen molar-refractivity contribution in [3.8, 4) is 6.07 Å². The molecule has 2 aromatic rings. The number of nitrogens with zero attached hydrogens (tertiary/aromatic N) is 2. The Balaban J connectivity index is 1.67. The van der Waals surface area contributed by atoms with E-state index in [0.29, 0.717) is 18.2 Å². The summed E-state index contributed by atoms with van der Waals surface area (Å²) in [6.07, 6.45) is 1.43. The predicted molar refractivity (Wildman–Crippen MR) is 110 cm³/mol. The van der Waals surface area contributed by atoms with E-state index in [2.05, 4.69) is 15.5 Å². The summed E-state index contributed by atoms with van der Waals surface area (Å²) in [5.41, 5.74) is 2.62. The van der Waals surface area contributed by atoms with Crippen LogP contribution in [0.5, 0.6) is 0 Å². The predicted octanol–water partition coefficient (Wildman–Crippen LogP) is 3.31. The highest BCUT2D eigenvalue weighted by atomic mass is 35.5. The van der Waals surface area contributed by atoms with Gasteiger partial charge in [0.25, 0.3) is 5.91 Å². The summed E-state index contributed by atoms with van der Waals surface area (Å²) in [6.45, 7) is 3.20. The van der Waals surface area contributed by atoms with Gasteiger partial charge in [-0.3, -0.25) is 4.79 Å². The first kappa shape index (κ1) is 19.7. The molecule has 28 heavy (non-hydrogen) atoms. The Bertz CT molecular complexity index is 901. The van der Waals surface area contributed by atoms with Crippen LogP contribution in [0.4, 0.5) is 11.4 Å². The van der Waals surface area contributed by atoms with Crippen LogP contribution >= 0.6 is 11.6 Å². The molecule has 7 heteroatoms. The Morgan fingerprint density at radius 3 is 2.64 bits per heavy atom. The molecule has 3 rings (SSSR count). The molecule has 2 aromatic carbocycles. The summed E-state index contributed by atoms with van der Waals surface area (Å²) in [7, 11) is 0. The van der Waals surface area contributed by atoms with Gasteiger partial charge in [0.1, 0.15) is 11.6 Å².